The van der Waals surface area contributed by atoms with Crippen LogP contribution in [-0.4, -0.2) is 64.1 Å². The molecule has 0 aromatic heterocycles. The fraction of sp³-hybridized carbons (Fsp3) is 0.500. The van der Waals surface area contributed by atoms with Crippen molar-refractivity contribution in [3.8, 4) is 6.07 Å². The summed E-state index contributed by atoms with van der Waals surface area (Å²) in [5.74, 6) is -0.614. The van der Waals surface area contributed by atoms with Gasteiger partial charge in [-0.05, 0) is 55.0 Å². The number of hydrogen-bond acceptors (Lipinski definition) is 5. The number of primary amides is 1. The van der Waals surface area contributed by atoms with E-state index in [0.29, 0.717) is 30.8 Å². The Balaban J connectivity index is 1.26. The van der Waals surface area contributed by atoms with E-state index >= 15 is 0 Å². The standard InChI is InChI=1S/C24H27N5O3/c1-14(23(31)28-8-2-3-17(28)11-25)12-27-13-18-10-21(27)24(32)29(18)20-7-5-15-9-16(22(26)30)4-6-19(15)20/h3-4,6,9,14,18,20-21H,2,5,7-8,10,12-13H2,1H3,(H2,26,30)/t14?,18-,20-,21?/m0/s1. The Kier molecular flexibility index (Phi) is 5.01. The zero-order chi connectivity index (χ0) is 22.6. The number of fused-ring (bicyclic) bond motifs is 3. The quantitative estimate of drug-likeness (QED) is 0.753. The maximum absolute atomic E-state index is 13.3. The molecule has 1 aromatic carbocycles. The van der Waals surface area contributed by atoms with Crippen LogP contribution in [0.4, 0.5) is 0 Å². The smallest absolute Gasteiger partial charge is 0.248 e. The number of carbonyl (C=O) groups is 3. The van der Waals surface area contributed by atoms with Crippen LogP contribution in [0.2, 0.25) is 0 Å². The van der Waals surface area contributed by atoms with Crippen LogP contribution in [0.3, 0.4) is 0 Å². The molecule has 1 aliphatic carbocycles. The predicted octanol–water partition coefficient (Wildman–Crippen LogP) is 1.33. The average Bonchev–Trinajstić information content (AvgIpc) is 3.55. The van der Waals surface area contributed by atoms with Crippen molar-refractivity contribution in [2.45, 2.75) is 50.7 Å². The molecule has 2 fully saturated rings. The third-order valence-electron chi connectivity index (χ3n) is 7.42. The third-order valence-corrected chi connectivity index (χ3v) is 7.42. The summed E-state index contributed by atoms with van der Waals surface area (Å²) in [5, 5.41) is 9.22. The summed E-state index contributed by atoms with van der Waals surface area (Å²) in [7, 11) is 0. The SMILES string of the molecule is CC(CN1C[C@@H]2CC1C(=O)N2[C@H]1CCc2cc(C(N)=O)ccc21)C(=O)N1CCC=C1C#N. The van der Waals surface area contributed by atoms with Crippen molar-refractivity contribution >= 4 is 17.7 Å². The van der Waals surface area contributed by atoms with Crippen molar-refractivity contribution < 1.29 is 14.4 Å². The van der Waals surface area contributed by atoms with Gasteiger partial charge in [0.1, 0.15) is 11.8 Å². The molecule has 0 radical (unpaired) electrons. The first-order valence-corrected chi connectivity index (χ1v) is 11.3. The topological polar surface area (TPSA) is 111 Å². The monoisotopic (exact) mass is 433 g/mol. The van der Waals surface area contributed by atoms with Gasteiger partial charge in [-0.3, -0.25) is 19.3 Å². The van der Waals surface area contributed by atoms with Crippen LogP contribution >= 0.6 is 0 Å². The second-order valence-electron chi connectivity index (χ2n) is 9.32. The first kappa shape index (κ1) is 20.7. The Morgan fingerprint density at radius 1 is 1.31 bits per heavy atom. The van der Waals surface area contributed by atoms with Gasteiger partial charge in [-0.15, -0.1) is 0 Å². The first-order valence-electron chi connectivity index (χ1n) is 11.3. The molecule has 2 saturated heterocycles. The number of nitriles is 1. The van der Waals surface area contributed by atoms with Crippen molar-refractivity contribution in [1.29, 1.82) is 5.26 Å². The number of rotatable bonds is 5. The minimum Gasteiger partial charge on any atom is -0.366 e. The number of nitrogens with two attached hydrogens (primary N) is 1. The van der Waals surface area contributed by atoms with Crippen molar-refractivity contribution in [2.24, 2.45) is 11.7 Å². The van der Waals surface area contributed by atoms with E-state index in [1.807, 2.05) is 24.0 Å². The Bertz CT molecular complexity index is 1070. The van der Waals surface area contributed by atoms with Crippen molar-refractivity contribution in [3.05, 3.63) is 46.7 Å². The fourth-order valence-electron chi connectivity index (χ4n) is 5.93. The van der Waals surface area contributed by atoms with Crippen LogP contribution in [0.1, 0.15) is 53.7 Å². The van der Waals surface area contributed by atoms with E-state index in [-0.39, 0.29) is 35.9 Å². The van der Waals surface area contributed by atoms with Gasteiger partial charge in [0.25, 0.3) is 0 Å². The first-order chi connectivity index (χ1) is 15.4. The minimum atomic E-state index is -0.432. The van der Waals surface area contributed by atoms with Gasteiger partial charge < -0.3 is 15.5 Å². The number of hydrogen-bond donors (Lipinski definition) is 1. The van der Waals surface area contributed by atoms with Gasteiger partial charge in [0.2, 0.25) is 17.7 Å². The maximum atomic E-state index is 13.3. The molecule has 4 aliphatic rings. The molecular formula is C24H27N5O3. The number of likely N-dealkylation sites (tertiary alicyclic amines) is 2. The molecule has 2 unspecified atom stereocenters. The molecule has 3 aliphatic heterocycles. The highest BCUT2D eigenvalue weighted by Crippen LogP contribution is 2.44. The van der Waals surface area contributed by atoms with Gasteiger partial charge in [0.15, 0.2) is 0 Å². The average molecular weight is 434 g/mol. The highest BCUT2D eigenvalue weighted by molar-refractivity contribution is 5.93. The molecule has 0 spiro atoms. The van der Waals surface area contributed by atoms with Crippen LogP contribution in [-0.2, 0) is 16.0 Å². The maximum Gasteiger partial charge on any atom is 0.248 e. The molecule has 5 rings (SSSR count). The Labute approximate surface area is 187 Å². The third kappa shape index (κ3) is 3.19. The van der Waals surface area contributed by atoms with Gasteiger partial charge in [0, 0.05) is 37.2 Å². The molecule has 3 heterocycles. The Morgan fingerprint density at radius 3 is 2.84 bits per heavy atom. The second-order valence-corrected chi connectivity index (χ2v) is 9.32. The normalized spacial score (nSPS) is 27.4. The molecule has 1 aromatic rings. The lowest BCUT2D eigenvalue weighted by Crippen LogP contribution is -2.53. The highest BCUT2D eigenvalue weighted by atomic mass is 16.2. The zero-order valence-electron chi connectivity index (χ0n) is 18.2. The van der Waals surface area contributed by atoms with Crippen LogP contribution in [0.15, 0.2) is 30.0 Å². The van der Waals surface area contributed by atoms with E-state index in [0.717, 1.165) is 36.9 Å². The number of benzene rings is 1. The predicted molar refractivity (Wildman–Crippen MR) is 116 cm³/mol. The summed E-state index contributed by atoms with van der Waals surface area (Å²) in [6, 6.07) is 7.65. The molecule has 3 amide bonds. The number of piperazine rings is 1. The molecule has 8 heteroatoms. The molecule has 32 heavy (non-hydrogen) atoms. The molecule has 0 saturated carbocycles. The number of aryl methyl sites for hydroxylation is 1. The van der Waals surface area contributed by atoms with Gasteiger partial charge in [-0.1, -0.05) is 13.0 Å². The van der Waals surface area contributed by atoms with Gasteiger partial charge in [-0.25, -0.2) is 0 Å². The molecule has 166 valence electrons. The molecule has 4 atom stereocenters. The lowest BCUT2D eigenvalue weighted by atomic mass is 10.0. The number of carbonyl (C=O) groups excluding carboxylic acids is 3. The summed E-state index contributed by atoms with van der Waals surface area (Å²) < 4.78 is 0. The molecular weight excluding hydrogens is 406 g/mol. The van der Waals surface area contributed by atoms with E-state index in [1.165, 1.54) is 0 Å². The number of amides is 3. The van der Waals surface area contributed by atoms with Gasteiger partial charge in [-0.2, -0.15) is 5.26 Å². The summed E-state index contributed by atoms with van der Waals surface area (Å²) in [5.41, 5.74) is 8.58. The van der Waals surface area contributed by atoms with E-state index in [2.05, 4.69) is 11.0 Å². The Morgan fingerprint density at radius 2 is 2.12 bits per heavy atom. The van der Waals surface area contributed by atoms with Crippen molar-refractivity contribution in [3.63, 3.8) is 0 Å². The van der Waals surface area contributed by atoms with Gasteiger partial charge >= 0.3 is 0 Å². The van der Waals surface area contributed by atoms with Crippen LogP contribution in [0.25, 0.3) is 0 Å². The second kappa shape index (κ2) is 7.75. The summed E-state index contributed by atoms with van der Waals surface area (Å²) in [6.45, 7) is 3.73. The highest BCUT2D eigenvalue weighted by Gasteiger charge is 2.53. The summed E-state index contributed by atoms with van der Waals surface area (Å²) in [4.78, 5) is 43.4. The van der Waals surface area contributed by atoms with E-state index in [4.69, 9.17) is 5.73 Å². The van der Waals surface area contributed by atoms with Crippen molar-refractivity contribution in [1.82, 2.24) is 14.7 Å². The van der Waals surface area contributed by atoms with Crippen LogP contribution < -0.4 is 5.73 Å². The molecule has 8 nitrogen and oxygen atoms in total. The number of nitrogens with zero attached hydrogens (tertiary/aromatic N) is 4. The largest absolute Gasteiger partial charge is 0.366 e. The lowest BCUT2D eigenvalue weighted by Gasteiger charge is -2.38. The summed E-state index contributed by atoms with van der Waals surface area (Å²) in [6.07, 6.45) is 5.00. The number of allylic oxidation sites excluding steroid dienone is 1. The summed E-state index contributed by atoms with van der Waals surface area (Å²) >= 11 is 0. The zero-order valence-corrected chi connectivity index (χ0v) is 18.2. The van der Waals surface area contributed by atoms with E-state index in [1.54, 1.807) is 17.0 Å². The van der Waals surface area contributed by atoms with Crippen LogP contribution in [0, 0.1) is 17.2 Å². The van der Waals surface area contributed by atoms with E-state index in [9.17, 15) is 19.6 Å². The Hall–Kier alpha value is -3.18. The van der Waals surface area contributed by atoms with Gasteiger partial charge in [0.05, 0.1) is 12.1 Å². The lowest BCUT2D eigenvalue weighted by molar-refractivity contribution is -0.141. The van der Waals surface area contributed by atoms with E-state index < -0.39 is 5.91 Å². The molecule has 2 bridgehead atoms. The van der Waals surface area contributed by atoms with Crippen LogP contribution in [0.5, 0.6) is 0 Å². The molecule has 2 N–H and O–H groups in total. The van der Waals surface area contributed by atoms with Crippen molar-refractivity contribution in [2.75, 3.05) is 19.6 Å². The fourth-order valence-corrected chi connectivity index (χ4v) is 5.93. The minimum absolute atomic E-state index is 0.0441.